The fourth-order valence-electron chi connectivity index (χ4n) is 3.80. The third-order valence-corrected chi connectivity index (χ3v) is 5.28. The summed E-state index contributed by atoms with van der Waals surface area (Å²) in [6, 6.07) is 22.9. The molecule has 0 aliphatic heterocycles. The first kappa shape index (κ1) is 19.8. The maximum Gasteiger partial charge on any atom is 0.320 e. The van der Waals surface area contributed by atoms with Crippen molar-refractivity contribution in [2.75, 3.05) is 6.61 Å². The molecule has 32 heavy (non-hydrogen) atoms. The van der Waals surface area contributed by atoms with E-state index in [0.717, 1.165) is 33.5 Å². The van der Waals surface area contributed by atoms with Gasteiger partial charge in [0.15, 0.2) is 11.6 Å². The highest BCUT2D eigenvalue weighted by atomic mass is 16.5. The number of benzene rings is 4. The summed E-state index contributed by atoms with van der Waals surface area (Å²) in [7, 11) is 0. The molecule has 0 aliphatic rings. The van der Waals surface area contributed by atoms with Crippen LogP contribution in [-0.2, 0) is 0 Å². The Balaban J connectivity index is 1.78. The Morgan fingerprint density at radius 1 is 0.719 bits per heavy atom. The number of ether oxygens (including phenoxy) is 1. The van der Waals surface area contributed by atoms with Gasteiger partial charge >= 0.3 is 6.01 Å². The number of fused-ring (bicyclic) bond motifs is 3. The summed E-state index contributed by atoms with van der Waals surface area (Å²) in [5.41, 5.74) is 1.24. The number of rotatable bonds is 5. The van der Waals surface area contributed by atoms with Crippen LogP contribution in [0.5, 0.6) is 17.5 Å². The van der Waals surface area contributed by atoms with Crippen LogP contribution in [0.1, 0.15) is 13.3 Å². The maximum absolute atomic E-state index is 10.4. The molecule has 0 radical (unpaired) electrons. The van der Waals surface area contributed by atoms with Gasteiger partial charge in [-0.25, -0.2) is 4.98 Å². The molecule has 2 N–H and O–H groups in total. The molecule has 0 bridgehead atoms. The molecule has 4 aromatic carbocycles. The van der Waals surface area contributed by atoms with E-state index in [0.29, 0.717) is 18.0 Å². The first-order valence-corrected chi connectivity index (χ1v) is 10.5. The van der Waals surface area contributed by atoms with Crippen molar-refractivity contribution in [2.24, 2.45) is 0 Å². The monoisotopic (exact) mass is 423 g/mol. The normalized spacial score (nSPS) is 11.2. The number of hydrogen-bond donors (Lipinski definition) is 2. The summed E-state index contributed by atoms with van der Waals surface area (Å²) >= 11 is 0. The quantitative estimate of drug-likeness (QED) is 0.352. The van der Waals surface area contributed by atoms with E-state index in [1.165, 1.54) is 12.1 Å². The second-order valence-corrected chi connectivity index (χ2v) is 7.51. The maximum atomic E-state index is 10.4. The Kier molecular flexibility index (Phi) is 5.03. The molecule has 5 aromatic rings. The molecule has 6 nitrogen and oxygen atoms in total. The average Bonchev–Trinajstić information content (AvgIpc) is 2.82. The van der Waals surface area contributed by atoms with Crippen molar-refractivity contribution >= 4 is 21.5 Å². The predicted molar refractivity (Wildman–Crippen MR) is 125 cm³/mol. The van der Waals surface area contributed by atoms with Crippen molar-refractivity contribution in [2.45, 2.75) is 13.3 Å². The van der Waals surface area contributed by atoms with E-state index in [2.05, 4.69) is 39.2 Å². The first-order chi connectivity index (χ1) is 15.6. The second-order valence-electron chi connectivity index (χ2n) is 7.51. The number of phenolic OH excluding ortho intramolecular Hbond substituents is 2. The summed E-state index contributed by atoms with van der Waals surface area (Å²) in [6.45, 7) is 2.47. The summed E-state index contributed by atoms with van der Waals surface area (Å²) in [4.78, 5) is 13.7. The molecule has 0 saturated heterocycles. The van der Waals surface area contributed by atoms with Crippen LogP contribution in [0.25, 0.3) is 44.3 Å². The third kappa shape index (κ3) is 3.56. The number of aromatic hydroxyl groups is 2. The van der Waals surface area contributed by atoms with Crippen LogP contribution in [0.15, 0.2) is 72.8 Å². The molecule has 0 fully saturated rings. The fraction of sp³-hybridized carbons (Fsp3) is 0.115. The van der Waals surface area contributed by atoms with E-state index in [1.54, 1.807) is 6.07 Å². The highest BCUT2D eigenvalue weighted by molar-refractivity contribution is 6.13. The molecule has 0 unspecified atom stereocenters. The Morgan fingerprint density at radius 3 is 2.16 bits per heavy atom. The van der Waals surface area contributed by atoms with Crippen LogP contribution < -0.4 is 4.74 Å². The molecule has 0 spiro atoms. The molecule has 1 heterocycles. The van der Waals surface area contributed by atoms with Crippen LogP contribution in [0.2, 0.25) is 0 Å². The lowest BCUT2D eigenvalue weighted by molar-refractivity contribution is 0.292. The minimum Gasteiger partial charge on any atom is -0.508 e. The SMILES string of the molecule is CCCOc1nc(-c2ccc(O)cc2O)nc(-c2cc3ccccc3c3ccccc23)n1. The van der Waals surface area contributed by atoms with E-state index < -0.39 is 0 Å². The lowest BCUT2D eigenvalue weighted by Crippen LogP contribution is -2.04. The minimum atomic E-state index is -0.119. The third-order valence-electron chi connectivity index (χ3n) is 5.28. The highest BCUT2D eigenvalue weighted by Gasteiger charge is 2.17. The van der Waals surface area contributed by atoms with Crippen LogP contribution in [-0.4, -0.2) is 31.8 Å². The first-order valence-electron chi connectivity index (χ1n) is 10.5. The number of aromatic nitrogens is 3. The van der Waals surface area contributed by atoms with Gasteiger partial charge < -0.3 is 14.9 Å². The molecule has 1 aromatic heterocycles. The van der Waals surface area contributed by atoms with E-state index in [4.69, 9.17) is 4.74 Å². The number of phenols is 2. The molecular weight excluding hydrogens is 402 g/mol. The van der Waals surface area contributed by atoms with Gasteiger partial charge in [0.25, 0.3) is 0 Å². The van der Waals surface area contributed by atoms with Gasteiger partial charge in [0.1, 0.15) is 11.5 Å². The minimum absolute atomic E-state index is 0.0384. The fourth-order valence-corrected chi connectivity index (χ4v) is 3.80. The zero-order valence-corrected chi connectivity index (χ0v) is 17.5. The van der Waals surface area contributed by atoms with Gasteiger partial charge in [0, 0.05) is 11.6 Å². The Bertz CT molecular complexity index is 1450. The molecule has 0 atom stereocenters. The summed E-state index contributed by atoms with van der Waals surface area (Å²) in [6.07, 6.45) is 0.805. The smallest absolute Gasteiger partial charge is 0.320 e. The predicted octanol–water partition coefficient (Wildman–Crippen LogP) is 5.71. The van der Waals surface area contributed by atoms with Gasteiger partial charge in [-0.2, -0.15) is 9.97 Å². The van der Waals surface area contributed by atoms with Crippen molar-refractivity contribution in [1.29, 1.82) is 0 Å². The molecular formula is C26H21N3O3. The lowest BCUT2D eigenvalue weighted by Gasteiger charge is -2.12. The van der Waals surface area contributed by atoms with Crippen LogP contribution >= 0.6 is 0 Å². The van der Waals surface area contributed by atoms with Crippen molar-refractivity contribution in [3.63, 3.8) is 0 Å². The summed E-state index contributed by atoms with van der Waals surface area (Å²) in [5, 5.41) is 24.4. The Labute approximate surface area is 184 Å². The van der Waals surface area contributed by atoms with Crippen molar-refractivity contribution in [3.05, 3.63) is 72.8 Å². The summed E-state index contributed by atoms with van der Waals surface area (Å²) < 4.78 is 5.75. The van der Waals surface area contributed by atoms with Crippen molar-refractivity contribution < 1.29 is 14.9 Å². The van der Waals surface area contributed by atoms with Gasteiger partial charge in [-0.1, -0.05) is 55.5 Å². The van der Waals surface area contributed by atoms with E-state index in [-0.39, 0.29) is 23.3 Å². The van der Waals surface area contributed by atoms with Gasteiger partial charge in [0.2, 0.25) is 0 Å². The summed E-state index contributed by atoms with van der Waals surface area (Å²) in [5.74, 6) is 0.571. The van der Waals surface area contributed by atoms with Gasteiger partial charge in [-0.3, -0.25) is 0 Å². The molecule has 0 saturated carbocycles. The molecule has 0 amide bonds. The van der Waals surface area contributed by atoms with Gasteiger partial charge in [-0.05, 0) is 46.2 Å². The zero-order chi connectivity index (χ0) is 22.1. The second kappa shape index (κ2) is 8.15. The number of nitrogens with zero attached hydrogens (tertiary/aromatic N) is 3. The van der Waals surface area contributed by atoms with E-state index >= 15 is 0 Å². The van der Waals surface area contributed by atoms with Gasteiger partial charge in [-0.15, -0.1) is 0 Å². The molecule has 5 rings (SSSR count). The molecule has 6 heteroatoms. The Hall–Kier alpha value is -4.19. The highest BCUT2D eigenvalue weighted by Crippen LogP contribution is 2.36. The molecule has 158 valence electrons. The van der Waals surface area contributed by atoms with Crippen LogP contribution in [0.4, 0.5) is 0 Å². The standard InChI is InChI=1S/C26H21N3O3/c1-2-13-32-26-28-24(21-12-11-17(30)15-23(21)31)27-25(29-26)22-14-16-7-3-4-8-18(16)19-9-5-6-10-20(19)22/h3-12,14-15,30-31H,2,13H2,1H3. The van der Waals surface area contributed by atoms with Crippen molar-refractivity contribution in [3.8, 4) is 40.3 Å². The Morgan fingerprint density at radius 2 is 1.41 bits per heavy atom. The van der Waals surface area contributed by atoms with Crippen molar-refractivity contribution in [1.82, 2.24) is 15.0 Å². The largest absolute Gasteiger partial charge is 0.508 e. The van der Waals surface area contributed by atoms with E-state index in [1.807, 2.05) is 37.3 Å². The average molecular weight is 423 g/mol. The van der Waals surface area contributed by atoms with E-state index in [9.17, 15) is 10.2 Å². The van der Waals surface area contributed by atoms with Crippen LogP contribution in [0.3, 0.4) is 0 Å². The van der Waals surface area contributed by atoms with Crippen LogP contribution in [0, 0.1) is 0 Å². The van der Waals surface area contributed by atoms with Gasteiger partial charge in [0.05, 0.1) is 12.2 Å². The number of hydrogen-bond acceptors (Lipinski definition) is 6. The topological polar surface area (TPSA) is 88.4 Å². The zero-order valence-electron chi connectivity index (χ0n) is 17.5. The lowest BCUT2D eigenvalue weighted by atomic mass is 9.97. The molecule has 0 aliphatic carbocycles.